The smallest absolute Gasteiger partial charge is 0.290 e. The number of rotatable bonds is 6. The molecule has 1 unspecified atom stereocenters. The van der Waals surface area contributed by atoms with Gasteiger partial charge in [-0.2, -0.15) is 0 Å². The highest BCUT2D eigenvalue weighted by molar-refractivity contribution is 6.08. The number of hydrogen-bond acceptors (Lipinski definition) is 5. The number of carbonyl (C=O) groups excluding carboxylic acids is 2. The van der Waals surface area contributed by atoms with Gasteiger partial charge in [0.25, 0.3) is 11.6 Å². The summed E-state index contributed by atoms with van der Waals surface area (Å²) < 4.78 is 0. The molecule has 0 aliphatic carbocycles. The molecule has 0 radical (unpaired) electrons. The van der Waals surface area contributed by atoms with Gasteiger partial charge in [0.2, 0.25) is 0 Å². The molecular formula is C20H18N2O5. The first-order valence-corrected chi connectivity index (χ1v) is 8.43. The molecule has 1 heterocycles. The minimum atomic E-state index is -0.849. The highest BCUT2D eigenvalue weighted by Crippen LogP contribution is 2.38. The molecule has 0 saturated carbocycles. The van der Waals surface area contributed by atoms with E-state index < -0.39 is 28.4 Å². The Hall–Kier alpha value is -3.48. The molecule has 1 N–H and O–H groups in total. The Morgan fingerprint density at radius 2 is 1.89 bits per heavy atom. The van der Waals surface area contributed by atoms with Crippen molar-refractivity contribution in [3.8, 4) is 0 Å². The van der Waals surface area contributed by atoms with E-state index in [2.05, 4.69) is 0 Å². The number of aliphatic hydroxyl groups excluding tert-OH is 1. The van der Waals surface area contributed by atoms with Crippen LogP contribution < -0.4 is 0 Å². The van der Waals surface area contributed by atoms with E-state index in [0.29, 0.717) is 12.0 Å². The average Bonchev–Trinajstić information content (AvgIpc) is 2.92. The summed E-state index contributed by atoms with van der Waals surface area (Å²) in [5, 5.41) is 21.3. The molecular weight excluding hydrogens is 348 g/mol. The van der Waals surface area contributed by atoms with Crippen LogP contribution in [-0.2, 0) is 16.0 Å². The van der Waals surface area contributed by atoms with Crippen molar-refractivity contribution in [2.24, 2.45) is 0 Å². The van der Waals surface area contributed by atoms with Gasteiger partial charge in [-0.15, -0.1) is 0 Å². The van der Waals surface area contributed by atoms with Crippen molar-refractivity contribution in [2.45, 2.75) is 19.4 Å². The van der Waals surface area contributed by atoms with Gasteiger partial charge in [0.15, 0.2) is 11.5 Å². The molecule has 7 heteroatoms. The van der Waals surface area contributed by atoms with Gasteiger partial charge in [0.05, 0.1) is 16.5 Å². The number of non-ortho nitro benzene ring substituents is 1. The van der Waals surface area contributed by atoms with E-state index in [1.54, 1.807) is 6.07 Å². The molecule has 3 rings (SSSR count). The van der Waals surface area contributed by atoms with Crippen LogP contribution in [0.15, 0.2) is 65.9 Å². The molecule has 1 aliphatic rings. The van der Waals surface area contributed by atoms with Gasteiger partial charge in [-0.1, -0.05) is 42.5 Å². The number of Topliss-reactive ketones (excluding diaryl/α,β-unsaturated/α-hetero) is 1. The van der Waals surface area contributed by atoms with Crippen LogP contribution >= 0.6 is 0 Å². The summed E-state index contributed by atoms with van der Waals surface area (Å²) in [4.78, 5) is 36.6. The largest absolute Gasteiger partial charge is 0.503 e. The van der Waals surface area contributed by atoms with Gasteiger partial charge < -0.3 is 10.0 Å². The third-order valence-corrected chi connectivity index (χ3v) is 4.56. The van der Waals surface area contributed by atoms with Crippen LogP contribution in [0.3, 0.4) is 0 Å². The lowest BCUT2D eigenvalue weighted by atomic mass is 9.96. The Bertz CT molecular complexity index is 936. The van der Waals surface area contributed by atoms with E-state index in [0.717, 1.165) is 5.56 Å². The number of nitro groups is 1. The first kappa shape index (κ1) is 18.3. The van der Waals surface area contributed by atoms with Crippen LogP contribution in [0.2, 0.25) is 0 Å². The number of benzene rings is 2. The Morgan fingerprint density at radius 3 is 2.52 bits per heavy atom. The lowest BCUT2D eigenvalue weighted by molar-refractivity contribution is -0.384. The Kier molecular flexibility index (Phi) is 5.03. The zero-order valence-corrected chi connectivity index (χ0v) is 14.7. The third kappa shape index (κ3) is 3.57. The summed E-state index contributed by atoms with van der Waals surface area (Å²) in [6, 6.07) is 14.4. The normalized spacial score (nSPS) is 16.7. The summed E-state index contributed by atoms with van der Waals surface area (Å²) in [6.07, 6.45) is 0.524. The van der Waals surface area contributed by atoms with E-state index in [4.69, 9.17) is 0 Å². The van der Waals surface area contributed by atoms with Crippen LogP contribution in [-0.4, -0.2) is 33.2 Å². The molecule has 0 saturated heterocycles. The Balaban J connectivity index is 1.98. The Morgan fingerprint density at radius 1 is 1.19 bits per heavy atom. The van der Waals surface area contributed by atoms with Gasteiger partial charge in [-0.25, -0.2) is 0 Å². The zero-order chi connectivity index (χ0) is 19.6. The molecule has 1 aliphatic heterocycles. The molecule has 138 valence electrons. The number of hydrogen-bond donors (Lipinski definition) is 1. The number of ketones is 1. The monoisotopic (exact) mass is 366 g/mol. The van der Waals surface area contributed by atoms with Crippen molar-refractivity contribution in [3.05, 3.63) is 87.2 Å². The second-order valence-corrected chi connectivity index (χ2v) is 6.31. The lowest BCUT2D eigenvalue weighted by Crippen LogP contribution is -2.33. The van der Waals surface area contributed by atoms with Gasteiger partial charge in [0.1, 0.15) is 0 Å². The van der Waals surface area contributed by atoms with Gasteiger partial charge in [-0.05, 0) is 24.5 Å². The molecule has 2 aromatic rings. The molecule has 0 aromatic heterocycles. The summed E-state index contributed by atoms with van der Waals surface area (Å²) in [6.45, 7) is 1.53. The minimum absolute atomic E-state index is 0.0337. The standard InChI is InChI=1S/C20H18N2O5/c1-13(23)17-18(15-8-5-9-16(12-15)22(26)27)21(20(25)19(17)24)11-10-14-6-3-2-4-7-14/h2-9,12,18,24H,10-11H2,1H3. The van der Waals surface area contributed by atoms with E-state index in [-0.39, 0.29) is 17.8 Å². The quantitative estimate of drug-likeness (QED) is 0.625. The first-order valence-electron chi connectivity index (χ1n) is 8.43. The molecule has 0 spiro atoms. The van der Waals surface area contributed by atoms with Crippen LogP contribution in [0.1, 0.15) is 24.1 Å². The third-order valence-electron chi connectivity index (χ3n) is 4.56. The second kappa shape index (κ2) is 7.41. The van der Waals surface area contributed by atoms with Crippen molar-refractivity contribution in [1.29, 1.82) is 0 Å². The summed E-state index contributed by atoms with van der Waals surface area (Å²) in [5.41, 5.74) is 1.24. The van der Waals surface area contributed by atoms with Gasteiger partial charge >= 0.3 is 0 Å². The van der Waals surface area contributed by atoms with Crippen LogP contribution in [0.4, 0.5) is 5.69 Å². The Labute approximate surface area is 155 Å². The first-order chi connectivity index (χ1) is 12.9. The molecule has 0 fully saturated rings. The molecule has 2 aromatic carbocycles. The van der Waals surface area contributed by atoms with E-state index in [9.17, 15) is 24.8 Å². The summed E-state index contributed by atoms with van der Waals surface area (Å²) in [7, 11) is 0. The fourth-order valence-electron chi connectivity index (χ4n) is 3.29. The van der Waals surface area contributed by atoms with Gasteiger partial charge in [-0.3, -0.25) is 19.7 Å². The minimum Gasteiger partial charge on any atom is -0.503 e. The number of nitrogens with zero attached hydrogens (tertiary/aromatic N) is 2. The predicted octanol–water partition coefficient (Wildman–Crippen LogP) is 3.12. The molecule has 0 bridgehead atoms. The van der Waals surface area contributed by atoms with Crippen molar-refractivity contribution < 1.29 is 19.6 Å². The number of nitro benzene ring substituents is 1. The lowest BCUT2D eigenvalue weighted by Gasteiger charge is -2.26. The average molecular weight is 366 g/mol. The highest BCUT2D eigenvalue weighted by atomic mass is 16.6. The number of aliphatic hydroxyl groups is 1. The topological polar surface area (TPSA) is 101 Å². The van der Waals surface area contributed by atoms with E-state index >= 15 is 0 Å². The summed E-state index contributed by atoms with van der Waals surface area (Å²) >= 11 is 0. The van der Waals surface area contributed by atoms with Crippen molar-refractivity contribution in [1.82, 2.24) is 4.90 Å². The highest BCUT2D eigenvalue weighted by Gasteiger charge is 2.42. The van der Waals surface area contributed by atoms with Crippen LogP contribution in [0, 0.1) is 10.1 Å². The van der Waals surface area contributed by atoms with E-state index in [1.165, 1.54) is 30.0 Å². The van der Waals surface area contributed by atoms with Crippen LogP contribution in [0.25, 0.3) is 0 Å². The number of amides is 1. The van der Waals surface area contributed by atoms with Gasteiger partial charge in [0, 0.05) is 18.7 Å². The second-order valence-electron chi connectivity index (χ2n) is 6.31. The van der Waals surface area contributed by atoms with Crippen molar-refractivity contribution in [3.63, 3.8) is 0 Å². The zero-order valence-electron chi connectivity index (χ0n) is 14.7. The fraction of sp³-hybridized carbons (Fsp3) is 0.200. The maximum atomic E-state index is 12.6. The molecule has 1 amide bonds. The van der Waals surface area contributed by atoms with Crippen LogP contribution in [0.5, 0.6) is 0 Å². The maximum Gasteiger partial charge on any atom is 0.290 e. The molecule has 1 atom stereocenters. The fourth-order valence-corrected chi connectivity index (χ4v) is 3.29. The SMILES string of the molecule is CC(=O)C1=C(O)C(=O)N(CCc2ccccc2)C1c1cccc([N+](=O)[O-])c1. The molecule has 27 heavy (non-hydrogen) atoms. The predicted molar refractivity (Wildman–Crippen MR) is 98.0 cm³/mol. The maximum absolute atomic E-state index is 12.6. The number of carbonyl (C=O) groups is 2. The van der Waals surface area contributed by atoms with Crippen molar-refractivity contribution >= 4 is 17.4 Å². The van der Waals surface area contributed by atoms with E-state index in [1.807, 2.05) is 30.3 Å². The summed E-state index contributed by atoms with van der Waals surface area (Å²) in [5.74, 6) is -1.68. The molecule has 7 nitrogen and oxygen atoms in total. The van der Waals surface area contributed by atoms with Crippen molar-refractivity contribution in [2.75, 3.05) is 6.54 Å².